The van der Waals surface area contributed by atoms with Gasteiger partial charge in [-0.2, -0.15) is 0 Å². The van der Waals surface area contributed by atoms with Crippen LogP contribution < -0.4 is 11.1 Å². The number of nitrogens with two attached hydrogens (primary N) is 1. The van der Waals surface area contributed by atoms with Crippen LogP contribution in [0.2, 0.25) is 0 Å². The first-order chi connectivity index (χ1) is 7.86. The standard InChI is InChI=1S/C13H26N2OS/c1-9(2)7-5-6-8-15-13(16)11(10(3)4)12(14)17/h9-11H,5-8H2,1-4H3,(H2,14,17)(H,15,16). The quantitative estimate of drug-likeness (QED) is 0.519. The maximum atomic E-state index is 11.8. The van der Waals surface area contributed by atoms with Gasteiger partial charge in [0.15, 0.2) is 0 Å². The number of carbonyl (C=O) groups is 1. The summed E-state index contributed by atoms with van der Waals surface area (Å²) in [6.07, 6.45) is 3.38. The van der Waals surface area contributed by atoms with E-state index in [2.05, 4.69) is 19.2 Å². The van der Waals surface area contributed by atoms with Crippen molar-refractivity contribution < 1.29 is 4.79 Å². The number of hydrogen-bond donors (Lipinski definition) is 2. The average molecular weight is 258 g/mol. The second-order valence-electron chi connectivity index (χ2n) is 5.30. The molecule has 0 saturated carbocycles. The van der Waals surface area contributed by atoms with Crippen LogP contribution in [0.15, 0.2) is 0 Å². The third kappa shape index (κ3) is 7.31. The third-order valence-corrected chi connectivity index (χ3v) is 3.02. The Bertz CT molecular complexity index is 252. The van der Waals surface area contributed by atoms with Gasteiger partial charge in [0, 0.05) is 6.54 Å². The van der Waals surface area contributed by atoms with Crippen LogP contribution in [0.25, 0.3) is 0 Å². The fourth-order valence-electron chi connectivity index (χ4n) is 1.76. The fraction of sp³-hybridized carbons (Fsp3) is 0.846. The zero-order chi connectivity index (χ0) is 13.4. The molecule has 0 aromatic carbocycles. The van der Waals surface area contributed by atoms with Gasteiger partial charge in [0.05, 0.1) is 10.9 Å². The van der Waals surface area contributed by atoms with Crippen molar-refractivity contribution in [1.29, 1.82) is 0 Å². The lowest BCUT2D eigenvalue weighted by molar-refractivity contribution is -0.123. The van der Waals surface area contributed by atoms with E-state index in [0.717, 1.165) is 25.3 Å². The van der Waals surface area contributed by atoms with Crippen LogP contribution in [0, 0.1) is 17.8 Å². The number of unbranched alkanes of at least 4 members (excludes halogenated alkanes) is 1. The summed E-state index contributed by atoms with van der Waals surface area (Å²) < 4.78 is 0. The molecule has 0 aromatic heterocycles. The summed E-state index contributed by atoms with van der Waals surface area (Å²) in [5.74, 6) is 0.515. The van der Waals surface area contributed by atoms with Crippen molar-refractivity contribution in [2.45, 2.75) is 47.0 Å². The summed E-state index contributed by atoms with van der Waals surface area (Å²) in [6.45, 7) is 9.06. The first-order valence-corrected chi connectivity index (χ1v) is 6.84. The summed E-state index contributed by atoms with van der Waals surface area (Å²) in [6, 6.07) is 0. The van der Waals surface area contributed by atoms with E-state index in [1.54, 1.807) is 0 Å². The van der Waals surface area contributed by atoms with Crippen molar-refractivity contribution in [2.24, 2.45) is 23.5 Å². The second kappa shape index (κ2) is 8.45. The minimum Gasteiger partial charge on any atom is -0.393 e. The van der Waals surface area contributed by atoms with Crippen LogP contribution in [0.1, 0.15) is 47.0 Å². The molecule has 1 unspecified atom stereocenters. The number of carbonyl (C=O) groups excluding carboxylic acids is 1. The Morgan fingerprint density at radius 3 is 2.24 bits per heavy atom. The Balaban J connectivity index is 3.88. The molecular weight excluding hydrogens is 232 g/mol. The van der Waals surface area contributed by atoms with Crippen molar-refractivity contribution in [3.05, 3.63) is 0 Å². The molecule has 0 aliphatic rings. The highest BCUT2D eigenvalue weighted by atomic mass is 32.1. The SMILES string of the molecule is CC(C)CCCCNC(=O)C(C(N)=S)C(C)C. The van der Waals surface area contributed by atoms with E-state index in [4.69, 9.17) is 18.0 Å². The topological polar surface area (TPSA) is 55.1 Å². The molecule has 0 spiro atoms. The van der Waals surface area contributed by atoms with E-state index in [9.17, 15) is 4.79 Å². The Morgan fingerprint density at radius 2 is 1.82 bits per heavy atom. The molecule has 0 fully saturated rings. The molecule has 0 heterocycles. The van der Waals surface area contributed by atoms with Gasteiger partial charge in [-0.3, -0.25) is 4.79 Å². The molecule has 0 aliphatic heterocycles. The summed E-state index contributed by atoms with van der Waals surface area (Å²) >= 11 is 4.92. The smallest absolute Gasteiger partial charge is 0.230 e. The molecule has 3 N–H and O–H groups in total. The van der Waals surface area contributed by atoms with Gasteiger partial charge in [-0.1, -0.05) is 52.8 Å². The molecule has 3 nitrogen and oxygen atoms in total. The van der Waals surface area contributed by atoms with Gasteiger partial charge in [-0.05, 0) is 18.3 Å². The van der Waals surface area contributed by atoms with Crippen molar-refractivity contribution >= 4 is 23.1 Å². The molecule has 1 atom stereocenters. The zero-order valence-electron chi connectivity index (χ0n) is 11.5. The number of rotatable bonds is 8. The highest BCUT2D eigenvalue weighted by molar-refractivity contribution is 7.80. The van der Waals surface area contributed by atoms with E-state index in [1.807, 2.05) is 13.8 Å². The summed E-state index contributed by atoms with van der Waals surface area (Å²) in [5, 5.41) is 2.91. The Morgan fingerprint density at radius 1 is 1.24 bits per heavy atom. The molecular formula is C13H26N2OS. The van der Waals surface area contributed by atoms with Gasteiger partial charge >= 0.3 is 0 Å². The van der Waals surface area contributed by atoms with Crippen molar-refractivity contribution in [2.75, 3.05) is 6.54 Å². The van der Waals surface area contributed by atoms with Gasteiger partial charge in [0.1, 0.15) is 0 Å². The molecule has 17 heavy (non-hydrogen) atoms. The Hall–Kier alpha value is -0.640. The molecule has 100 valence electrons. The van der Waals surface area contributed by atoms with Crippen LogP contribution in [0.4, 0.5) is 0 Å². The summed E-state index contributed by atoms with van der Waals surface area (Å²) in [4.78, 5) is 12.1. The van der Waals surface area contributed by atoms with Crippen LogP contribution >= 0.6 is 12.2 Å². The van der Waals surface area contributed by atoms with Crippen molar-refractivity contribution in [1.82, 2.24) is 5.32 Å². The molecule has 0 rings (SSSR count). The predicted molar refractivity (Wildman–Crippen MR) is 76.8 cm³/mol. The van der Waals surface area contributed by atoms with Crippen LogP contribution in [-0.2, 0) is 4.79 Å². The van der Waals surface area contributed by atoms with Gasteiger partial charge in [-0.15, -0.1) is 0 Å². The third-order valence-electron chi connectivity index (χ3n) is 2.76. The molecule has 0 bridgehead atoms. The fourth-order valence-corrected chi connectivity index (χ4v) is 2.14. The van der Waals surface area contributed by atoms with E-state index in [-0.39, 0.29) is 17.7 Å². The van der Waals surface area contributed by atoms with E-state index < -0.39 is 0 Å². The van der Waals surface area contributed by atoms with Gasteiger partial charge in [-0.25, -0.2) is 0 Å². The Kier molecular flexibility index (Phi) is 8.13. The van der Waals surface area contributed by atoms with E-state index in [1.165, 1.54) is 6.42 Å². The average Bonchev–Trinajstić information content (AvgIpc) is 2.15. The van der Waals surface area contributed by atoms with Gasteiger partial charge < -0.3 is 11.1 Å². The van der Waals surface area contributed by atoms with E-state index in [0.29, 0.717) is 4.99 Å². The molecule has 0 aliphatic carbocycles. The highest BCUT2D eigenvalue weighted by Crippen LogP contribution is 2.11. The van der Waals surface area contributed by atoms with Gasteiger partial charge in [0.2, 0.25) is 5.91 Å². The Labute approximate surface area is 111 Å². The molecule has 0 aromatic rings. The number of nitrogens with one attached hydrogen (secondary N) is 1. The second-order valence-corrected chi connectivity index (χ2v) is 5.78. The lowest BCUT2D eigenvalue weighted by Crippen LogP contribution is -2.41. The van der Waals surface area contributed by atoms with Gasteiger partial charge in [0.25, 0.3) is 0 Å². The first kappa shape index (κ1) is 16.4. The summed E-state index contributed by atoms with van der Waals surface area (Å²) in [7, 11) is 0. The minimum absolute atomic E-state index is 0.0305. The number of thiocarbonyl (C=S) groups is 1. The maximum absolute atomic E-state index is 11.8. The zero-order valence-corrected chi connectivity index (χ0v) is 12.3. The van der Waals surface area contributed by atoms with Crippen molar-refractivity contribution in [3.63, 3.8) is 0 Å². The van der Waals surface area contributed by atoms with Crippen LogP contribution in [0.3, 0.4) is 0 Å². The minimum atomic E-state index is -0.338. The normalized spacial score (nSPS) is 12.8. The predicted octanol–water partition coefficient (Wildman–Crippen LogP) is 2.49. The number of hydrogen-bond acceptors (Lipinski definition) is 2. The molecule has 4 heteroatoms. The lowest BCUT2D eigenvalue weighted by Gasteiger charge is -2.18. The monoisotopic (exact) mass is 258 g/mol. The lowest BCUT2D eigenvalue weighted by atomic mass is 9.95. The van der Waals surface area contributed by atoms with Crippen LogP contribution in [0.5, 0.6) is 0 Å². The molecule has 1 amide bonds. The number of amides is 1. The largest absolute Gasteiger partial charge is 0.393 e. The van der Waals surface area contributed by atoms with E-state index >= 15 is 0 Å². The molecule has 0 saturated heterocycles. The maximum Gasteiger partial charge on any atom is 0.230 e. The summed E-state index contributed by atoms with van der Waals surface area (Å²) in [5.41, 5.74) is 5.58. The van der Waals surface area contributed by atoms with Crippen LogP contribution in [-0.4, -0.2) is 17.4 Å². The highest BCUT2D eigenvalue weighted by Gasteiger charge is 2.24. The molecule has 0 radical (unpaired) electrons. The van der Waals surface area contributed by atoms with Crippen molar-refractivity contribution in [3.8, 4) is 0 Å². The first-order valence-electron chi connectivity index (χ1n) is 6.43.